The highest BCUT2D eigenvalue weighted by Crippen LogP contribution is 2.29. The van der Waals surface area contributed by atoms with Crippen molar-refractivity contribution in [2.75, 3.05) is 18.6 Å². The maximum atomic E-state index is 5.25. The van der Waals surface area contributed by atoms with Crippen LogP contribution in [0.1, 0.15) is 5.56 Å². The van der Waals surface area contributed by atoms with Crippen molar-refractivity contribution >= 4 is 24.4 Å². The van der Waals surface area contributed by atoms with Crippen molar-refractivity contribution in [2.24, 2.45) is 0 Å². The molecule has 0 amide bonds. The van der Waals surface area contributed by atoms with Crippen LogP contribution in [0.2, 0.25) is 0 Å². The number of rotatable bonds is 4. The molecule has 0 saturated carbocycles. The molecule has 0 aliphatic heterocycles. The fraction of sp³-hybridized carbons (Fsp3) is 0.400. The first-order chi connectivity index (χ1) is 6.27. The largest absolute Gasteiger partial charge is 0.496 e. The summed E-state index contributed by atoms with van der Waals surface area (Å²) in [5.41, 5.74) is 1.27. The molecule has 1 nitrogen and oxygen atoms in total. The van der Waals surface area contributed by atoms with Crippen LogP contribution in [0.15, 0.2) is 23.1 Å². The molecule has 0 unspecified atom stereocenters. The van der Waals surface area contributed by atoms with Crippen LogP contribution in [-0.4, -0.2) is 18.6 Å². The topological polar surface area (TPSA) is 9.23 Å². The Morgan fingerprint density at radius 2 is 2.23 bits per heavy atom. The van der Waals surface area contributed by atoms with E-state index in [1.807, 2.05) is 6.07 Å². The van der Waals surface area contributed by atoms with E-state index in [1.54, 1.807) is 18.9 Å². The van der Waals surface area contributed by atoms with E-state index in [-0.39, 0.29) is 0 Å². The van der Waals surface area contributed by atoms with Gasteiger partial charge in [0.1, 0.15) is 5.75 Å². The minimum absolute atomic E-state index is 0.891. The van der Waals surface area contributed by atoms with E-state index in [2.05, 4.69) is 31.7 Å². The summed E-state index contributed by atoms with van der Waals surface area (Å²) in [6.45, 7) is 2.09. The second kappa shape index (κ2) is 5.45. The molecule has 0 saturated heterocycles. The zero-order valence-corrected chi connectivity index (χ0v) is 9.62. The summed E-state index contributed by atoms with van der Waals surface area (Å²) in [4.78, 5) is 1.21. The van der Waals surface area contributed by atoms with Gasteiger partial charge in [0.25, 0.3) is 0 Å². The third kappa shape index (κ3) is 3.16. The first kappa shape index (κ1) is 10.8. The molecule has 72 valence electrons. The van der Waals surface area contributed by atoms with Gasteiger partial charge in [-0.15, -0.1) is 11.8 Å². The lowest BCUT2D eigenvalue weighted by molar-refractivity contribution is 0.404. The molecule has 0 spiro atoms. The second-order valence-corrected chi connectivity index (χ2v) is 4.31. The monoisotopic (exact) mass is 214 g/mol. The Balaban J connectivity index is 2.81. The number of thioether (sulfide) groups is 1. The number of hydrogen-bond acceptors (Lipinski definition) is 3. The van der Waals surface area contributed by atoms with Gasteiger partial charge in [0, 0.05) is 10.6 Å². The average Bonchev–Trinajstić information content (AvgIpc) is 2.15. The average molecular weight is 214 g/mol. The van der Waals surface area contributed by atoms with Crippen molar-refractivity contribution in [1.82, 2.24) is 0 Å². The van der Waals surface area contributed by atoms with Crippen LogP contribution in [0.4, 0.5) is 0 Å². The van der Waals surface area contributed by atoms with Crippen LogP contribution in [-0.2, 0) is 0 Å². The van der Waals surface area contributed by atoms with Crippen molar-refractivity contribution in [1.29, 1.82) is 0 Å². The van der Waals surface area contributed by atoms with E-state index in [0.29, 0.717) is 0 Å². The second-order valence-electron chi connectivity index (χ2n) is 2.73. The number of methoxy groups -OCH3 is 1. The summed E-state index contributed by atoms with van der Waals surface area (Å²) < 4.78 is 5.25. The number of thiol groups is 1. The van der Waals surface area contributed by atoms with Crippen molar-refractivity contribution in [3.8, 4) is 5.75 Å². The first-order valence-corrected chi connectivity index (χ1v) is 5.78. The predicted octanol–water partition coefficient (Wildman–Crippen LogP) is 3.03. The van der Waals surface area contributed by atoms with Crippen molar-refractivity contribution in [2.45, 2.75) is 11.8 Å². The lowest BCUT2D eigenvalue weighted by Gasteiger charge is -2.07. The summed E-state index contributed by atoms with van der Waals surface area (Å²) in [6.07, 6.45) is 0. The van der Waals surface area contributed by atoms with E-state index >= 15 is 0 Å². The summed E-state index contributed by atoms with van der Waals surface area (Å²) >= 11 is 5.96. The Kier molecular flexibility index (Phi) is 4.53. The zero-order valence-electron chi connectivity index (χ0n) is 7.91. The molecule has 1 aromatic carbocycles. The van der Waals surface area contributed by atoms with Crippen LogP contribution >= 0.6 is 24.4 Å². The molecule has 0 heterocycles. The van der Waals surface area contributed by atoms with Crippen molar-refractivity contribution < 1.29 is 4.74 Å². The lowest BCUT2D eigenvalue weighted by atomic mass is 10.2. The van der Waals surface area contributed by atoms with E-state index in [4.69, 9.17) is 4.74 Å². The molecule has 3 heteroatoms. The maximum Gasteiger partial charge on any atom is 0.132 e. The molecule has 1 rings (SSSR count). The normalized spacial score (nSPS) is 10.1. The molecule has 0 aliphatic carbocycles. The number of aryl methyl sites for hydroxylation is 1. The fourth-order valence-corrected chi connectivity index (χ4v) is 2.20. The Morgan fingerprint density at radius 1 is 1.46 bits per heavy atom. The van der Waals surface area contributed by atoms with Gasteiger partial charge >= 0.3 is 0 Å². The number of benzene rings is 1. The third-order valence-corrected chi connectivity index (χ3v) is 3.23. The molecule has 13 heavy (non-hydrogen) atoms. The highest BCUT2D eigenvalue weighted by Gasteiger charge is 2.02. The van der Waals surface area contributed by atoms with Gasteiger partial charge in [-0.05, 0) is 30.4 Å². The van der Waals surface area contributed by atoms with E-state index in [9.17, 15) is 0 Å². The molecule has 0 radical (unpaired) electrons. The lowest BCUT2D eigenvalue weighted by Crippen LogP contribution is -1.88. The van der Waals surface area contributed by atoms with E-state index < -0.39 is 0 Å². The molecule has 0 fully saturated rings. The molecule has 0 aromatic heterocycles. The van der Waals surface area contributed by atoms with Crippen LogP contribution in [0.5, 0.6) is 5.75 Å². The molecular weight excluding hydrogens is 200 g/mol. The molecule has 0 N–H and O–H groups in total. The van der Waals surface area contributed by atoms with Gasteiger partial charge in [0.2, 0.25) is 0 Å². The van der Waals surface area contributed by atoms with Crippen LogP contribution < -0.4 is 4.74 Å². The molecule has 1 aromatic rings. The van der Waals surface area contributed by atoms with Gasteiger partial charge in [-0.1, -0.05) is 6.07 Å². The summed E-state index contributed by atoms with van der Waals surface area (Å²) in [5, 5.41) is 0. The van der Waals surface area contributed by atoms with Gasteiger partial charge in [-0.3, -0.25) is 0 Å². The van der Waals surface area contributed by atoms with Gasteiger partial charge in [-0.25, -0.2) is 0 Å². The van der Waals surface area contributed by atoms with Gasteiger partial charge < -0.3 is 4.74 Å². The van der Waals surface area contributed by atoms with Crippen LogP contribution in [0, 0.1) is 6.92 Å². The molecular formula is C10H14OS2. The minimum Gasteiger partial charge on any atom is -0.496 e. The summed E-state index contributed by atoms with van der Waals surface area (Å²) in [6, 6.07) is 6.21. The quantitative estimate of drug-likeness (QED) is 0.609. The van der Waals surface area contributed by atoms with Gasteiger partial charge in [0.05, 0.1) is 7.11 Å². The molecule has 0 atom stereocenters. The predicted molar refractivity (Wildman–Crippen MR) is 62.3 cm³/mol. The Morgan fingerprint density at radius 3 is 2.85 bits per heavy atom. The highest BCUT2D eigenvalue weighted by molar-refractivity contribution is 8.00. The van der Waals surface area contributed by atoms with Crippen LogP contribution in [0.3, 0.4) is 0 Å². The summed E-state index contributed by atoms with van der Waals surface area (Å²) in [7, 11) is 1.70. The molecule has 0 bridgehead atoms. The Labute approximate surface area is 89.3 Å². The van der Waals surface area contributed by atoms with E-state index in [1.165, 1.54) is 10.5 Å². The maximum absolute atomic E-state index is 5.25. The SMILES string of the molecule is COc1ccc(C)cc1SCCS. The number of ether oxygens (including phenoxy) is 1. The van der Waals surface area contributed by atoms with Crippen LogP contribution in [0.25, 0.3) is 0 Å². The Bertz CT molecular complexity index is 274. The minimum atomic E-state index is 0.891. The third-order valence-electron chi connectivity index (χ3n) is 1.67. The molecule has 0 aliphatic rings. The highest BCUT2D eigenvalue weighted by atomic mass is 32.2. The fourth-order valence-electron chi connectivity index (χ4n) is 1.05. The first-order valence-electron chi connectivity index (χ1n) is 4.16. The number of hydrogen-bond donors (Lipinski definition) is 1. The van der Waals surface area contributed by atoms with Gasteiger partial charge in [-0.2, -0.15) is 12.6 Å². The zero-order chi connectivity index (χ0) is 9.68. The standard InChI is InChI=1S/C10H14OS2/c1-8-3-4-9(11-2)10(7-8)13-6-5-12/h3-4,7,12H,5-6H2,1-2H3. The Hall–Kier alpha value is -0.280. The summed E-state index contributed by atoms with van der Waals surface area (Å²) in [5.74, 6) is 2.86. The van der Waals surface area contributed by atoms with Crippen molar-refractivity contribution in [3.05, 3.63) is 23.8 Å². The van der Waals surface area contributed by atoms with Gasteiger partial charge in [0.15, 0.2) is 0 Å². The van der Waals surface area contributed by atoms with Crippen molar-refractivity contribution in [3.63, 3.8) is 0 Å². The van der Waals surface area contributed by atoms with E-state index in [0.717, 1.165) is 17.3 Å². The smallest absolute Gasteiger partial charge is 0.132 e.